The minimum atomic E-state index is -0.869. The average molecular weight is 257 g/mol. The van der Waals surface area contributed by atoms with Crippen LogP contribution in [0.5, 0.6) is 0 Å². The lowest BCUT2D eigenvalue weighted by atomic mass is 10.7. The van der Waals surface area contributed by atoms with Crippen molar-refractivity contribution in [2.24, 2.45) is 37.9 Å². The molecule has 0 saturated heterocycles. The highest BCUT2D eigenvalue weighted by Crippen LogP contribution is 1.92. The minimum Gasteiger partial charge on any atom is -0.369 e. The van der Waals surface area contributed by atoms with Crippen molar-refractivity contribution in [3.8, 4) is 0 Å². The number of nitrogens with one attached hydrogen (secondary N) is 2. The number of hydrogen-bond acceptors (Lipinski definition) is 9. The second-order valence-corrected chi connectivity index (χ2v) is 3.47. The lowest BCUT2D eigenvalue weighted by molar-refractivity contribution is 0.327. The van der Waals surface area contributed by atoms with Crippen LogP contribution in [0.1, 0.15) is 0 Å². The Morgan fingerprint density at radius 2 is 2.17 bits per heavy atom. The molecular weight excluding hydrogens is 238 g/mol. The normalized spacial score (nSPS) is 16.5. The Hall–Kier alpha value is -2.11. The average Bonchev–Trinajstić information content (AvgIpc) is 2.29. The number of nitrogens with two attached hydrogens (primary N) is 4. The Balaban J connectivity index is 2.49. The highest BCUT2D eigenvalue weighted by molar-refractivity contribution is 5.98. The molecule has 11 heteroatoms. The van der Waals surface area contributed by atoms with Gasteiger partial charge in [0.2, 0.25) is 11.9 Å². The van der Waals surface area contributed by atoms with Gasteiger partial charge in [-0.3, -0.25) is 26.8 Å². The maximum absolute atomic E-state index is 5.63. The third kappa shape index (κ3) is 3.73. The molecule has 0 unspecified atom stereocenters. The molecule has 10 N–H and O–H groups in total. The number of guanidine groups is 3. The molecule has 0 saturated carbocycles. The van der Waals surface area contributed by atoms with E-state index in [0.717, 1.165) is 0 Å². The number of hydrazine groups is 2. The van der Waals surface area contributed by atoms with Crippen molar-refractivity contribution < 1.29 is 0 Å². The van der Waals surface area contributed by atoms with Gasteiger partial charge in [0.1, 0.15) is 6.67 Å². The summed E-state index contributed by atoms with van der Waals surface area (Å²) in [7, 11) is 3.35. The minimum absolute atomic E-state index is 0.123. The Morgan fingerprint density at radius 1 is 1.50 bits per heavy atom. The molecule has 0 radical (unpaired) electrons. The first kappa shape index (κ1) is 14.0. The quantitative estimate of drug-likeness (QED) is 0.128. The van der Waals surface area contributed by atoms with Gasteiger partial charge >= 0.3 is 0 Å². The van der Waals surface area contributed by atoms with Crippen molar-refractivity contribution in [3.63, 3.8) is 0 Å². The summed E-state index contributed by atoms with van der Waals surface area (Å²) in [6.45, 7) is 0.265. The zero-order valence-corrected chi connectivity index (χ0v) is 10.3. The molecule has 102 valence electrons. The Kier molecular flexibility index (Phi) is 4.65. The SMILES string of the molecule is CN1C(N)=NCN=C1NNN(C)/C(N)=N/C(N)N. The van der Waals surface area contributed by atoms with Gasteiger partial charge in [0.25, 0.3) is 0 Å². The first-order valence-corrected chi connectivity index (χ1v) is 5.09. The third-order valence-corrected chi connectivity index (χ3v) is 2.07. The van der Waals surface area contributed by atoms with Gasteiger partial charge in [-0.2, -0.15) is 0 Å². The number of aliphatic imine (C=N–C) groups is 3. The van der Waals surface area contributed by atoms with Crippen molar-refractivity contribution in [2.75, 3.05) is 20.8 Å². The number of rotatable bonds is 3. The van der Waals surface area contributed by atoms with Crippen LogP contribution in [-0.2, 0) is 0 Å². The second kappa shape index (κ2) is 6.00. The van der Waals surface area contributed by atoms with E-state index in [2.05, 4.69) is 25.9 Å². The maximum Gasteiger partial charge on any atom is 0.218 e. The van der Waals surface area contributed by atoms with E-state index in [1.807, 2.05) is 0 Å². The Labute approximate surface area is 105 Å². The van der Waals surface area contributed by atoms with E-state index in [9.17, 15) is 0 Å². The number of nitrogens with zero attached hydrogens (tertiary/aromatic N) is 5. The van der Waals surface area contributed by atoms with Gasteiger partial charge in [-0.15, -0.1) is 5.53 Å². The van der Waals surface area contributed by atoms with Crippen LogP contribution in [0, 0.1) is 0 Å². The fourth-order valence-corrected chi connectivity index (χ4v) is 1.05. The molecule has 0 aliphatic carbocycles. The van der Waals surface area contributed by atoms with E-state index in [0.29, 0.717) is 11.9 Å². The summed E-state index contributed by atoms with van der Waals surface area (Å²) in [5.74, 6) is 0.986. The largest absolute Gasteiger partial charge is 0.369 e. The van der Waals surface area contributed by atoms with Crippen molar-refractivity contribution in [1.82, 2.24) is 20.9 Å². The lowest BCUT2D eigenvalue weighted by Crippen LogP contribution is -2.58. The van der Waals surface area contributed by atoms with Gasteiger partial charge in [0.05, 0.1) is 0 Å². The van der Waals surface area contributed by atoms with Crippen molar-refractivity contribution in [2.45, 2.75) is 6.29 Å². The first-order chi connectivity index (χ1) is 8.41. The van der Waals surface area contributed by atoms with Crippen LogP contribution in [0.15, 0.2) is 15.0 Å². The zero-order chi connectivity index (χ0) is 13.7. The van der Waals surface area contributed by atoms with Crippen molar-refractivity contribution in [1.29, 1.82) is 0 Å². The van der Waals surface area contributed by atoms with Crippen LogP contribution in [0.3, 0.4) is 0 Å². The van der Waals surface area contributed by atoms with Gasteiger partial charge < -0.3 is 11.5 Å². The van der Waals surface area contributed by atoms with Crippen LogP contribution < -0.4 is 33.9 Å². The van der Waals surface area contributed by atoms with Crippen molar-refractivity contribution >= 4 is 17.9 Å². The van der Waals surface area contributed by atoms with Gasteiger partial charge in [-0.25, -0.2) is 15.0 Å². The molecule has 0 aromatic carbocycles. The standard InChI is InChI=1S/C7H19N11/c1-17-5(10)12-3-13-7(17)15-16-18(2)6(11)14-4(8)9/h4,16H,3,8-9H2,1-2H3,(H2,10,12)(H2,11,14)(H,13,15). The zero-order valence-electron chi connectivity index (χ0n) is 10.3. The van der Waals surface area contributed by atoms with Gasteiger partial charge in [-0.1, -0.05) is 0 Å². The third-order valence-electron chi connectivity index (χ3n) is 2.07. The highest BCUT2D eigenvalue weighted by Gasteiger charge is 2.14. The molecule has 0 aromatic rings. The molecule has 11 nitrogen and oxygen atoms in total. The molecule has 0 amide bonds. The topological polar surface area (TPSA) is 172 Å². The molecule has 0 atom stereocenters. The molecule has 0 aromatic heterocycles. The summed E-state index contributed by atoms with van der Waals surface area (Å²) in [4.78, 5) is 13.4. The van der Waals surface area contributed by atoms with E-state index < -0.39 is 6.29 Å². The van der Waals surface area contributed by atoms with Crippen LogP contribution in [0.2, 0.25) is 0 Å². The van der Waals surface area contributed by atoms with Crippen molar-refractivity contribution in [3.05, 3.63) is 0 Å². The van der Waals surface area contributed by atoms with Gasteiger partial charge in [0.15, 0.2) is 12.2 Å². The molecule has 0 fully saturated rings. The second-order valence-electron chi connectivity index (χ2n) is 3.47. The van der Waals surface area contributed by atoms with Crippen LogP contribution >= 0.6 is 0 Å². The predicted molar refractivity (Wildman–Crippen MR) is 69.5 cm³/mol. The lowest BCUT2D eigenvalue weighted by Gasteiger charge is -2.27. The molecular formula is C7H19N11. The van der Waals surface area contributed by atoms with E-state index in [1.54, 1.807) is 19.0 Å². The smallest absolute Gasteiger partial charge is 0.218 e. The van der Waals surface area contributed by atoms with Crippen LogP contribution in [-0.4, -0.2) is 54.8 Å². The molecule has 1 aliphatic rings. The molecule has 1 aliphatic heterocycles. The first-order valence-electron chi connectivity index (χ1n) is 5.09. The van der Waals surface area contributed by atoms with Gasteiger partial charge in [-0.05, 0) is 0 Å². The summed E-state index contributed by atoms with van der Waals surface area (Å²) >= 11 is 0. The van der Waals surface area contributed by atoms with E-state index >= 15 is 0 Å². The fourth-order valence-electron chi connectivity index (χ4n) is 1.05. The van der Waals surface area contributed by atoms with Crippen LogP contribution in [0.4, 0.5) is 0 Å². The number of hydrogen-bond donors (Lipinski definition) is 6. The van der Waals surface area contributed by atoms with E-state index in [-0.39, 0.29) is 12.6 Å². The summed E-state index contributed by atoms with van der Waals surface area (Å²) in [5.41, 5.74) is 27.3. The summed E-state index contributed by atoms with van der Waals surface area (Å²) in [6, 6.07) is 0. The molecule has 0 bridgehead atoms. The monoisotopic (exact) mass is 257 g/mol. The summed E-state index contributed by atoms with van der Waals surface area (Å²) < 4.78 is 0. The Morgan fingerprint density at radius 3 is 2.78 bits per heavy atom. The maximum atomic E-state index is 5.63. The molecule has 18 heavy (non-hydrogen) atoms. The molecule has 0 spiro atoms. The van der Waals surface area contributed by atoms with Gasteiger partial charge in [0, 0.05) is 14.1 Å². The summed E-state index contributed by atoms with van der Waals surface area (Å²) in [6.07, 6.45) is -0.869. The van der Waals surface area contributed by atoms with E-state index in [1.165, 1.54) is 5.01 Å². The fraction of sp³-hybridized carbons (Fsp3) is 0.571. The van der Waals surface area contributed by atoms with E-state index in [4.69, 9.17) is 22.9 Å². The molecule has 1 heterocycles. The molecule has 1 rings (SSSR count). The Bertz CT molecular complexity index is 370. The predicted octanol–water partition coefficient (Wildman–Crippen LogP) is -3.98. The highest BCUT2D eigenvalue weighted by atomic mass is 15.7. The van der Waals surface area contributed by atoms with Crippen LogP contribution in [0.25, 0.3) is 0 Å². The summed E-state index contributed by atoms with van der Waals surface area (Å²) in [5, 5.41) is 1.39.